The lowest BCUT2D eigenvalue weighted by atomic mass is 9.90. The van der Waals surface area contributed by atoms with E-state index in [-0.39, 0.29) is 59.7 Å². The zero-order valence-corrected chi connectivity index (χ0v) is 41.1. The number of hydrogen-bond donors (Lipinski definition) is 2. The van der Waals surface area contributed by atoms with Gasteiger partial charge in [0.05, 0.1) is 35.6 Å². The van der Waals surface area contributed by atoms with Crippen molar-refractivity contribution in [2.45, 2.75) is 162 Å². The molecule has 8 rings (SSSR count). The summed E-state index contributed by atoms with van der Waals surface area (Å²) in [5, 5.41) is 0. The van der Waals surface area contributed by atoms with Gasteiger partial charge in [-0.3, -0.25) is 28.9 Å². The molecule has 2 aromatic carbocycles. The number of likely N-dealkylation sites (N-methyl/N-ethyl adjacent to an activating group) is 2. The number of carbonyl (C=O) groups excluding carboxylic acids is 3. The first-order valence-electron chi connectivity index (χ1n) is 24.7. The zero-order chi connectivity index (χ0) is 47.2. The summed E-state index contributed by atoms with van der Waals surface area (Å²) in [4.78, 5) is 80.1. The number of benzene rings is 2. The van der Waals surface area contributed by atoms with Crippen LogP contribution >= 0.6 is 0 Å². The summed E-state index contributed by atoms with van der Waals surface area (Å²) in [6.07, 6.45) is 11.8. The molecule has 0 saturated carbocycles. The fourth-order valence-corrected chi connectivity index (χ4v) is 11.4. The highest BCUT2D eigenvalue weighted by Crippen LogP contribution is 2.33. The highest BCUT2D eigenvalue weighted by molar-refractivity contribution is 5.91. The van der Waals surface area contributed by atoms with Gasteiger partial charge in [-0.15, -0.1) is 0 Å². The summed E-state index contributed by atoms with van der Waals surface area (Å²) in [5.41, 5.74) is 7.46. The molecule has 2 N–H and O–H groups in total. The Morgan fingerprint density at radius 2 is 1.29 bits per heavy atom. The molecule has 0 bridgehead atoms. The van der Waals surface area contributed by atoms with Crippen LogP contribution in [0.2, 0.25) is 0 Å². The number of rotatable bonds is 14. The Kier molecular flexibility index (Phi) is 13.7. The van der Waals surface area contributed by atoms with Crippen molar-refractivity contribution in [3.63, 3.8) is 0 Å². The number of piperidine rings is 2. The Labute approximate surface area is 389 Å². The summed E-state index contributed by atoms with van der Waals surface area (Å²) in [6, 6.07) is 8.41. The van der Waals surface area contributed by atoms with Crippen LogP contribution in [0.15, 0.2) is 33.9 Å². The average molecular weight is 910 g/mol. The van der Waals surface area contributed by atoms with E-state index in [1.165, 1.54) is 4.68 Å². The average Bonchev–Trinajstić information content (AvgIpc) is 3.74. The van der Waals surface area contributed by atoms with E-state index in [1.807, 2.05) is 70.4 Å². The van der Waals surface area contributed by atoms with E-state index in [4.69, 9.17) is 4.74 Å². The van der Waals surface area contributed by atoms with Crippen LogP contribution in [0.5, 0.6) is 5.75 Å². The number of amides is 3. The molecule has 15 heteroatoms. The van der Waals surface area contributed by atoms with Gasteiger partial charge in [0, 0.05) is 67.2 Å². The van der Waals surface area contributed by atoms with E-state index >= 15 is 0 Å². The summed E-state index contributed by atoms with van der Waals surface area (Å²) in [6.45, 7) is 16.4. The molecule has 2 saturated heterocycles. The van der Waals surface area contributed by atoms with E-state index in [2.05, 4.69) is 44.1 Å². The number of methoxy groups -OCH3 is 1. The van der Waals surface area contributed by atoms with Crippen molar-refractivity contribution in [2.24, 2.45) is 10.8 Å². The molecule has 4 aliphatic rings. The number of ether oxygens (including phenoxy) is 1. The molecule has 4 atom stereocenters. The molecule has 66 heavy (non-hydrogen) atoms. The van der Waals surface area contributed by atoms with E-state index in [0.717, 1.165) is 131 Å². The van der Waals surface area contributed by atoms with Gasteiger partial charge >= 0.3 is 11.4 Å². The van der Waals surface area contributed by atoms with Crippen molar-refractivity contribution in [1.29, 1.82) is 0 Å². The van der Waals surface area contributed by atoms with Gasteiger partial charge in [-0.2, -0.15) is 0 Å². The Hall–Kier alpha value is -4.89. The summed E-state index contributed by atoms with van der Waals surface area (Å²) >= 11 is 0. The second-order valence-electron chi connectivity index (χ2n) is 22.0. The molecule has 0 spiro atoms. The number of H-pyrrole nitrogens is 1. The lowest BCUT2D eigenvalue weighted by Gasteiger charge is -2.40. The second kappa shape index (κ2) is 19.0. The van der Waals surface area contributed by atoms with Gasteiger partial charge in [0.2, 0.25) is 17.7 Å². The van der Waals surface area contributed by atoms with Crippen molar-refractivity contribution in [1.82, 2.24) is 38.4 Å². The molecule has 0 radical (unpaired) electrons. The molecule has 6 heterocycles. The highest BCUT2D eigenvalue weighted by Gasteiger charge is 2.36. The molecular weight excluding hydrogens is 835 g/mol. The number of carbonyl (C=O) groups is 3. The minimum absolute atomic E-state index is 0.0168. The van der Waals surface area contributed by atoms with Crippen molar-refractivity contribution < 1.29 is 19.1 Å². The number of likely N-dealkylation sites (tertiary alicyclic amines) is 2. The fraction of sp³-hybridized carbons (Fsp3) is 0.667. The van der Waals surface area contributed by atoms with Crippen LogP contribution in [0.25, 0.3) is 22.1 Å². The largest absolute Gasteiger partial charge is 0.497 e. The SMILES string of the molecule is COc1cc2c3c(c1)n(NC(=O)Cc1cc4c5c(c1)[nH]c(=O)n5CC(N(C)CCCC1CCCCN1C(=O)C(C)(C)C)C4)c(=O)n3CC(N(C)CCCC1CCCCN1C(=O)C(C)(C)C)C2. The molecule has 360 valence electrons. The van der Waals surface area contributed by atoms with Crippen molar-refractivity contribution in [3.8, 4) is 5.75 Å². The van der Waals surface area contributed by atoms with Crippen molar-refractivity contribution in [2.75, 3.05) is 52.8 Å². The van der Waals surface area contributed by atoms with Gasteiger partial charge in [0.1, 0.15) is 5.75 Å². The maximum absolute atomic E-state index is 14.3. The molecule has 2 fully saturated rings. The molecule has 4 unspecified atom stereocenters. The van der Waals surface area contributed by atoms with E-state index in [9.17, 15) is 24.0 Å². The lowest BCUT2D eigenvalue weighted by molar-refractivity contribution is -0.144. The Morgan fingerprint density at radius 1 is 0.742 bits per heavy atom. The number of imidazole rings is 2. The lowest BCUT2D eigenvalue weighted by Crippen LogP contribution is -2.48. The van der Waals surface area contributed by atoms with Crippen LogP contribution in [0.3, 0.4) is 0 Å². The van der Waals surface area contributed by atoms with E-state index in [1.54, 1.807) is 11.7 Å². The van der Waals surface area contributed by atoms with E-state index in [0.29, 0.717) is 29.9 Å². The molecule has 4 aromatic rings. The third kappa shape index (κ3) is 9.75. The van der Waals surface area contributed by atoms with Gasteiger partial charge < -0.3 is 29.3 Å². The quantitative estimate of drug-likeness (QED) is 0.159. The van der Waals surface area contributed by atoms with Crippen LogP contribution in [-0.4, -0.2) is 128 Å². The number of hydrogen-bond acceptors (Lipinski definition) is 8. The first-order valence-corrected chi connectivity index (χ1v) is 24.7. The van der Waals surface area contributed by atoms with Crippen LogP contribution < -0.4 is 21.5 Å². The minimum atomic E-state index is -0.395. The summed E-state index contributed by atoms with van der Waals surface area (Å²) < 4.78 is 10.7. The summed E-state index contributed by atoms with van der Waals surface area (Å²) in [7, 11) is 5.85. The first-order chi connectivity index (χ1) is 31.3. The molecule has 2 aromatic heterocycles. The molecule has 15 nitrogen and oxygen atoms in total. The zero-order valence-electron chi connectivity index (χ0n) is 41.1. The van der Waals surface area contributed by atoms with Gasteiger partial charge in [-0.05, 0) is 133 Å². The Morgan fingerprint density at radius 3 is 1.83 bits per heavy atom. The molecular formula is C51H75N9O6. The number of nitrogens with one attached hydrogen (secondary N) is 2. The second-order valence-corrected chi connectivity index (χ2v) is 22.0. The minimum Gasteiger partial charge on any atom is -0.497 e. The number of aromatic amines is 1. The van der Waals surface area contributed by atoms with E-state index < -0.39 is 10.8 Å². The Balaban J connectivity index is 0.926. The Bertz CT molecular complexity index is 2570. The highest BCUT2D eigenvalue weighted by atomic mass is 16.5. The smallest absolute Gasteiger partial charge is 0.348 e. The molecule has 0 aliphatic carbocycles. The van der Waals surface area contributed by atoms with Gasteiger partial charge in [0.15, 0.2) is 0 Å². The predicted octanol–water partition coefficient (Wildman–Crippen LogP) is 5.90. The predicted molar refractivity (Wildman–Crippen MR) is 260 cm³/mol. The van der Waals surface area contributed by atoms with Gasteiger partial charge in [-0.25, -0.2) is 14.3 Å². The van der Waals surface area contributed by atoms with Gasteiger partial charge in [0.25, 0.3) is 0 Å². The van der Waals surface area contributed by atoms with Crippen LogP contribution in [0.4, 0.5) is 0 Å². The third-order valence-corrected chi connectivity index (χ3v) is 15.0. The number of aromatic nitrogens is 4. The maximum Gasteiger partial charge on any atom is 0.348 e. The maximum atomic E-state index is 14.3. The topological polar surface area (TPSA) is 150 Å². The van der Waals surface area contributed by atoms with Crippen molar-refractivity contribution >= 4 is 39.8 Å². The third-order valence-electron chi connectivity index (χ3n) is 15.0. The first kappa shape index (κ1) is 47.6. The fourth-order valence-electron chi connectivity index (χ4n) is 11.4. The molecule has 3 amide bonds. The monoisotopic (exact) mass is 910 g/mol. The van der Waals surface area contributed by atoms with Crippen LogP contribution in [0, 0.1) is 10.8 Å². The normalized spacial score (nSPS) is 21.3. The van der Waals surface area contributed by atoms with Crippen LogP contribution in [-0.2, 0) is 46.7 Å². The standard InChI is InChI=1S/C51H75N9O6/c1-50(2,3)46(62)56-22-12-10-16-36(56)18-14-20-54(7)38-27-34-24-33(25-41-44(34)58(31-38)48(64)52-41)26-43(61)53-60-42-30-40(66-9)29-35-28-39(32-59(45(35)42)49(60)65)55(8)21-15-19-37-17-11-13-23-57(37)47(63)51(4,5)6/h24-25,29-30,36-39H,10-23,26-28,31-32H2,1-9H3,(H,52,64)(H,53,61). The number of nitrogens with zero attached hydrogens (tertiary/aromatic N) is 7. The molecule has 4 aliphatic heterocycles. The summed E-state index contributed by atoms with van der Waals surface area (Å²) in [5.74, 6) is 0.749. The van der Waals surface area contributed by atoms with Crippen LogP contribution in [0.1, 0.15) is 122 Å². The van der Waals surface area contributed by atoms with Gasteiger partial charge in [-0.1, -0.05) is 47.6 Å². The van der Waals surface area contributed by atoms with Crippen molar-refractivity contribution in [3.05, 3.63) is 61.9 Å².